The highest BCUT2D eigenvalue weighted by Crippen LogP contribution is 2.18. The fourth-order valence-corrected chi connectivity index (χ4v) is 2.97. The molecule has 2 rings (SSSR count). The third-order valence-electron chi connectivity index (χ3n) is 2.70. The molecule has 15 heavy (non-hydrogen) atoms. The van der Waals surface area contributed by atoms with E-state index in [1.54, 1.807) is 6.07 Å². The summed E-state index contributed by atoms with van der Waals surface area (Å²) < 4.78 is 13.3. The average Bonchev–Trinajstić information content (AvgIpc) is 2.74. The van der Waals surface area contributed by atoms with Crippen LogP contribution in [0.5, 0.6) is 0 Å². The van der Waals surface area contributed by atoms with Crippen LogP contribution in [0.4, 0.5) is 4.39 Å². The third-order valence-corrected chi connectivity index (χ3v) is 3.85. The summed E-state index contributed by atoms with van der Waals surface area (Å²) in [5, 5.41) is 3.44. The minimum atomic E-state index is -0.0793. The molecule has 82 valence electrons. The molecule has 1 atom stereocenters. The molecule has 1 fully saturated rings. The van der Waals surface area contributed by atoms with Gasteiger partial charge in [0.15, 0.2) is 0 Å². The van der Waals surface area contributed by atoms with Gasteiger partial charge in [0.05, 0.1) is 0 Å². The predicted molar refractivity (Wildman–Crippen MR) is 63.6 cm³/mol. The van der Waals surface area contributed by atoms with Gasteiger partial charge in [-0.2, -0.15) is 11.8 Å². The molecule has 0 amide bonds. The summed E-state index contributed by atoms with van der Waals surface area (Å²) in [6, 6.07) is 7.67. The van der Waals surface area contributed by atoms with Gasteiger partial charge in [-0.3, -0.25) is 0 Å². The number of rotatable bonds is 4. The van der Waals surface area contributed by atoms with Crippen LogP contribution in [0.2, 0.25) is 0 Å². The molecule has 1 saturated heterocycles. The van der Waals surface area contributed by atoms with Gasteiger partial charge in [-0.1, -0.05) is 18.2 Å². The van der Waals surface area contributed by atoms with Crippen molar-refractivity contribution < 1.29 is 4.39 Å². The first-order chi connectivity index (χ1) is 7.36. The van der Waals surface area contributed by atoms with Crippen LogP contribution in [-0.2, 0) is 5.75 Å². The van der Waals surface area contributed by atoms with E-state index in [0.29, 0.717) is 6.04 Å². The van der Waals surface area contributed by atoms with Crippen LogP contribution < -0.4 is 5.32 Å². The molecule has 0 radical (unpaired) electrons. The number of halogens is 1. The van der Waals surface area contributed by atoms with E-state index in [9.17, 15) is 4.39 Å². The normalized spacial score (nSPS) is 20.7. The quantitative estimate of drug-likeness (QED) is 0.845. The molecular weight excluding hydrogens is 209 g/mol. The topological polar surface area (TPSA) is 12.0 Å². The maximum absolute atomic E-state index is 13.3. The molecule has 1 unspecified atom stereocenters. The molecule has 0 saturated carbocycles. The van der Waals surface area contributed by atoms with Crippen LogP contribution in [0, 0.1) is 5.82 Å². The van der Waals surface area contributed by atoms with E-state index in [2.05, 4.69) is 5.32 Å². The molecule has 1 heterocycles. The maximum Gasteiger partial charge on any atom is 0.127 e. The molecule has 0 spiro atoms. The molecule has 0 bridgehead atoms. The van der Waals surface area contributed by atoms with Crippen LogP contribution in [0.25, 0.3) is 0 Å². The predicted octanol–water partition coefficient (Wildman–Crippen LogP) is 2.81. The summed E-state index contributed by atoms with van der Waals surface area (Å²) in [6.07, 6.45) is 2.55. The van der Waals surface area contributed by atoms with E-state index >= 15 is 0 Å². The van der Waals surface area contributed by atoms with E-state index in [4.69, 9.17) is 0 Å². The standard InChI is InChI=1S/C12H16FNS/c13-12-6-2-1-4-10(12)8-15-9-11-5-3-7-14-11/h1-2,4,6,11,14H,3,5,7-9H2. The Morgan fingerprint density at radius 1 is 1.40 bits per heavy atom. The zero-order chi connectivity index (χ0) is 10.5. The first-order valence-electron chi connectivity index (χ1n) is 5.41. The van der Waals surface area contributed by atoms with E-state index in [1.165, 1.54) is 18.9 Å². The Bertz CT molecular complexity index is 310. The summed E-state index contributed by atoms with van der Waals surface area (Å²) in [5.41, 5.74) is 0.820. The van der Waals surface area contributed by atoms with Crippen molar-refractivity contribution in [3.8, 4) is 0 Å². The minimum Gasteiger partial charge on any atom is -0.313 e. The molecule has 1 aromatic carbocycles. The third kappa shape index (κ3) is 3.21. The Labute approximate surface area is 94.5 Å². The summed E-state index contributed by atoms with van der Waals surface area (Å²) >= 11 is 1.82. The van der Waals surface area contributed by atoms with Gasteiger partial charge in [-0.15, -0.1) is 0 Å². The summed E-state index contributed by atoms with van der Waals surface area (Å²) in [5.74, 6) is 1.79. The van der Waals surface area contributed by atoms with Gasteiger partial charge in [-0.25, -0.2) is 4.39 Å². The smallest absolute Gasteiger partial charge is 0.127 e. The summed E-state index contributed by atoms with van der Waals surface area (Å²) in [6.45, 7) is 1.14. The molecule has 1 nitrogen and oxygen atoms in total. The Kier molecular flexibility index (Phi) is 4.03. The zero-order valence-corrected chi connectivity index (χ0v) is 9.52. The lowest BCUT2D eigenvalue weighted by Gasteiger charge is -2.09. The summed E-state index contributed by atoms with van der Waals surface area (Å²) in [4.78, 5) is 0. The number of thioether (sulfide) groups is 1. The molecule has 1 N–H and O–H groups in total. The fourth-order valence-electron chi connectivity index (χ4n) is 1.83. The zero-order valence-electron chi connectivity index (χ0n) is 8.71. The van der Waals surface area contributed by atoms with Crippen LogP contribution >= 0.6 is 11.8 Å². The lowest BCUT2D eigenvalue weighted by Crippen LogP contribution is -2.23. The molecule has 0 aromatic heterocycles. The Morgan fingerprint density at radius 2 is 2.27 bits per heavy atom. The van der Waals surface area contributed by atoms with Gasteiger partial charge in [0.2, 0.25) is 0 Å². The van der Waals surface area contributed by atoms with Crippen LogP contribution in [0.15, 0.2) is 24.3 Å². The Hall–Kier alpha value is -0.540. The molecule has 3 heteroatoms. The SMILES string of the molecule is Fc1ccccc1CSCC1CCCN1. The highest BCUT2D eigenvalue weighted by Gasteiger charge is 2.13. The van der Waals surface area contributed by atoms with E-state index in [0.717, 1.165) is 23.6 Å². The second-order valence-corrected chi connectivity index (χ2v) is 4.93. The van der Waals surface area contributed by atoms with E-state index in [1.807, 2.05) is 23.9 Å². The first-order valence-corrected chi connectivity index (χ1v) is 6.56. The average molecular weight is 225 g/mol. The van der Waals surface area contributed by atoms with E-state index < -0.39 is 0 Å². The lowest BCUT2D eigenvalue weighted by molar-refractivity contribution is 0.617. The molecule has 1 aliphatic rings. The second-order valence-electron chi connectivity index (χ2n) is 3.90. The second kappa shape index (κ2) is 5.52. The fraction of sp³-hybridized carbons (Fsp3) is 0.500. The van der Waals surface area contributed by atoms with Crippen molar-refractivity contribution in [3.63, 3.8) is 0 Å². The highest BCUT2D eigenvalue weighted by molar-refractivity contribution is 7.98. The van der Waals surface area contributed by atoms with Gasteiger partial charge in [-0.05, 0) is 31.0 Å². The van der Waals surface area contributed by atoms with E-state index in [-0.39, 0.29) is 5.82 Å². The summed E-state index contributed by atoms with van der Waals surface area (Å²) in [7, 11) is 0. The molecule has 1 aromatic rings. The van der Waals surface area contributed by atoms with Gasteiger partial charge in [0.1, 0.15) is 5.82 Å². The van der Waals surface area contributed by atoms with Crippen molar-refractivity contribution in [1.82, 2.24) is 5.32 Å². The monoisotopic (exact) mass is 225 g/mol. The van der Waals surface area contributed by atoms with Crippen molar-refractivity contribution in [2.75, 3.05) is 12.3 Å². The van der Waals surface area contributed by atoms with Crippen molar-refractivity contribution in [3.05, 3.63) is 35.6 Å². The molecular formula is C12H16FNS. The first kappa shape index (κ1) is 11.0. The van der Waals surface area contributed by atoms with Crippen molar-refractivity contribution >= 4 is 11.8 Å². The Morgan fingerprint density at radius 3 is 3.00 bits per heavy atom. The van der Waals surface area contributed by atoms with Gasteiger partial charge >= 0.3 is 0 Å². The van der Waals surface area contributed by atoms with Crippen LogP contribution in [0.1, 0.15) is 18.4 Å². The van der Waals surface area contributed by atoms with Gasteiger partial charge in [0, 0.05) is 17.5 Å². The van der Waals surface area contributed by atoms with Crippen molar-refractivity contribution in [2.45, 2.75) is 24.6 Å². The number of hydrogen-bond acceptors (Lipinski definition) is 2. The largest absolute Gasteiger partial charge is 0.313 e. The van der Waals surface area contributed by atoms with Crippen LogP contribution in [0.3, 0.4) is 0 Å². The number of benzene rings is 1. The number of hydrogen-bond donors (Lipinski definition) is 1. The molecule has 0 aliphatic carbocycles. The molecule has 1 aliphatic heterocycles. The number of nitrogens with one attached hydrogen (secondary N) is 1. The van der Waals surface area contributed by atoms with Crippen molar-refractivity contribution in [1.29, 1.82) is 0 Å². The lowest BCUT2D eigenvalue weighted by atomic mass is 10.2. The minimum absolute atomic E-state index is 0.0793. The van der Waals surface area contributed by atoms with Crippen molar-refractivity contribution in [2.24, 2.45) is 0 Å². The maximum atomic E-state index is 13.3. The Balaban J connectivity index is 1.75. The van der Waals surface area contributed by atoms with Crippen LogP contribution in [-0.4, -0.2) is 18.3 Å². The van der Waals surface area contributed by atoms with Gasteiger partial charge in [0.25, 0.3) is 0 Å². The highest BCUT2D eigenvalue weighted by atomic mass is 32.2. The van der Waals surface area contributed by atoms with Gasteiger partial charge < -0.3 is 5.32 Å².